The van der Waals surface area contributed by atoms with E-state index < -0.39 is 0 Å². The third kappa shape index (κ3) is 2.86. The Balaban J connectivity index is 1.93. The molecule has 0 unspecified atom stereocenters. The van der Waals surface area contributed by atoms with Crippen molar-refractivity contribution in [3.05, 3.63) is 52.0 Å². The van der Waals surface area contributed by atoms with Gasteiger partial charge >= 0.3 is 0 Å². The number of carbonyl (C=O) groups is 1. The van der Waals surface area contributed by atoms with Gasteiger partial charge in [0.05, 0.1) is 12.6 Å². The van der Waals surface area contributed by atoms with Gasteiger partial charge in [-0.25, -0.2) is 0 Å². The van der Waals surface area contributed by atoms with E-state index >= 15 is 0 Å². The van der Waals surface area contributed by atoms with Crippen LogP contribution in [0.25, 0.3) is 10.9 Å². The molecule has 1 amide bonds. The molecule has 2 N–H and O–H groups in total. The first-order valence-electron chi connectivity index (χ1n) is 6.36. The molecular weight excluding hydrogens is 325 g/mol. The van der Waals surface area contributed by atoms with Gasteiger partial charge in [-0.3, -0.25) is 9.89 Å². The molecule has 0 saturated heterocycles. The van der Waals surface area contributed by atoms with Crippen LogP contribution in [0.2, 0.25) is 10.0 Å². The molecule has 112 valence electrons. The van der Waals surface area contributed by atoms with Crippen LogP contribution in [0.5, 0.6) is 5.75 Å². The van der Waals surface area contributed by atoms with Crippen LogP contribution >= 0.6 is 23.2 Å². The van der Waals surface area contributed by atoms with E-state index in [2.05, 4.69) is 15.5 Å². The van der Waals surface area contributed by atoms with E-state index in [-0.39, 0.29) is 5.91 Å². The lowest BCUT2D eigenvalue weighted by molar-refractivity contribution is 0.102. The number of fused-ring (bicyclic) bond motifs is 1. The quantitative estimate of drug-likeness (QED) is 0.756. The Morgan fingerprint density at radius 2 is 1.91 bits per heavy atom. The first kappa shape index (κ1) is 14.7. The summed E-state index contributed by atoms with van der Waals surface area (Å²) in [6.45, 7) is 0. The number of ether oxygens (including phenoxy) is 1. The van der Waals surface area contributed by atoms with Crippen molar-refractivity contribution in [1.29, 1.82) is 0 Å². The van der Waals surface area contributed by atoms with Crippen LogP contribution in [0, 0.1) is 0 Å². The third-order valence-corrected chi connectivity index (χ3v) is 3.56. The van der Waals surface area contributed by atoms with Crippen molar-refractivity contribution < 1.29 is 9.53 Å². The summed E-state index contributed by atoms with van der Waals surface area (Å²) < 4.78 is 5.18. The molecule has 5 nitrogen and oxygen atoms in total. The highest BCUT2D eigenvalue weighted by atomic mass is 35.5. The van der Waals surface area contributed by atoms with E-state index in [1.807, 2.05) is 12.1 Å². The fraction of sp³-hybridized carbons (Fsp3) is 0.0667. The summed E-state index contributed by atoms with van der Waals surface area (Å²) in [6, 6.07) is 10.1. The SMILES string of the molecule is COc1ccc2[nH]nc(NC(=O)c3cc(Cl)cc(Cl)c3)c2c1. The Kier molecular flexibility index (Phi) is 3.92. The molecule has 0 fully saturated rings. The smallest absolute Gasteiger partial charge is 0.256 e. The number of methoxy groups -OCH3 is 1. The first-order valence-corrected chi connectivity index (χ1v) is 7.12. The summed E-state index contributed by atoms with van der Waals surface area (Å²) in [4.78, 5) is 12.3. The Hall–Kier alpha value is -2.24. The molecule has 0 aliphatic carbocycles. The number of carbonyl (C=O) groups excluding carboxylic acids is 1. The minimum atomic E-state index is -0.347. The third-order valence-electron chi connectivity index (χ3n) is 3.13. The lowest BCUT2D eigenvalue weighted by Crippen LogP contribution is -2.12. The van der Waals surface area contributed by atoms with E-state index in [9.17, 15) is 4.79 Å². The fourth-order valence-corrected chi connectivity index (χ4v) is 2.61. The van der Waals surface area contributed by atoms with Crippen LogP contribution in [-0.4, -0.2) is 23.2 Å². The Labute approximate surface area is 136 Å². The van der Waals surface area contributed by atoms with Gasteiger partial charge in [-0.2, -0.15) is 5.10 Å². The minimum Gasteiger partial charge on any atom is -0.497 e. The molecule has 1 heterocycles. The zero-order valence-electron chi connectivity index (χ0n) is 11.5. The molecule has 0 radical (unpaired) electrons. The normalized spacial score (nSPS) is 10.7. The summed E-state index contributed by atoms with van der Waals surface area (Å²) >= 11 is 11.8. The molecule has 0 spiro atoms. The number of benzene rings is 2. The van der Waals surface area contributed by atoms with E-state index in [0.717, 1.165) is 10.9 Å². The van der Waals surface area contributed by atoms with Crippen LogP contribution in [0.15, 0.2) is 36.4 Å². The Morgan fingerprint density at radius 3 is 2.59 bits per heavy atom. The molecule has 0 aliphatic rings. The van der Waals surface area contributed by atoms with Gasteiger partial charge in [-0.15, -0.1) is 0 Å². The number of aromatic amines is 1. The van der Waals surface area contributed by atoms with Gasteiger partial charge in [0.15, 0.2) is 5.82 Å². The van der Waals surface area contributed by atoms with Crippen LogP contribution < -0.4 is 10.1 Å². The lowest BCUT2D eigenvalue weighted by atomic mass is 10.2. The van der Waals surface area contributed by atoms with Crippen molar-refractivity contribution in [1.82, 2.24) is 10.2 Å². The molecule has 7 heteroatoms. The number of H-pyrrole nitrogens is 1. The lowest BCUT2D eigenvalue weighted by Gasteiger charge is -2.05. The van der Waals surface area contributed by atoms with Gasteiger partial charge in [0.25, 0.3) is 5.91 Å². The molecule has 3 rings (SSSR count). The number of amides is 1. The largest absolute Gasteiger partial charge is 0.497 e. The van der Waals surface area contributed by atoms with Crippen molar-refractivity contribution >= 4 is 45.8 Å². The average molecular weight is 336 g/mol. The summed E-state index contributed by atoms with van der Waals surface area (Å²) in [7, 11) is 1.58. The Morgan fingerprint density at radius 1 is 1.18 bits per heavy atom. The predicted octanol–water partition coefficient (Wildman–Crippen LogP) is 4.13. The van der Waals surface area contributed by atoms with Gasteiger partial charge in [-0.05, 0) is 36.4 Å². The van der Waals surface area contributed by atoms with Crippen LogP contribution in [0.1, 0.15) is 10.4 Å². The summed E-state index contributed by atoms with van der Waals surface area (Å²) in [5.41, 5.74) is 1.15. The van der Waals surface area contributed by atoms with Crippen LogP contribution in [0.3, 0.4) is 0 Å². The number of rotatable bonds is 3. The van der Waals surface area contributed by atoms with E-state index in [1.165, 1.54) is 12.1 Å². The number of hydrogen-bond acceptors (Lipinski definition) is 3. The number of nitrogens with one attached hydrogen (secondary N) is 2. The zero-order valence-corrected chi connectivity index (χ0v) is 13.0. The number of anilines is 1. The van der Waals surface area contributed by atoms with Crippen molar-refractivity contribution in [2.45, 2.75) is 0 Å². The number of aromatic nitrogens is 2. The molecule has 1 aromatic heterocycles. The van der Waals surface area contributed by atoms with Gasteiger partial charge < -0.3 is 10.1 Å². The van der Waals surface area contributed by atoms with Crippen molar-refractivity contribution in [3.8, 4) is 5.75 Å². The fourth-order valence-electron chi connectivity index (χ4n) is 2.08. The maximum absolute atomic E-state index is 12.3. The summed E-state index contributed by atoms with van der Waals surface area (Å²) in [6.07, 6.45) is 0. The molecule has 0 bridgehead atoms. The summed E-state index contributed by atoms with van der Waals surface area (Å²) in [5.74, 6) is 0.741. The van der Waals surface area contributed by atoms with Gasteiger partial charge in [0.2, 0.25) is 0 Å². The topological polar surface area (TPSA) is 67.0 Å². The van der Waals surface area contributed by atoms with E-state index in [4.69, 9.17) is 27.9 Å². The van der Waals surface area contributed by atoms with Gasteiger partial charge in [-0.1, -0.05) is 23.2 Å². The van der Waals surface area contributed by atoms with Gasteiger partial charge in [0.1, 0.15) is 5.75 Å². The maximum Gasteiger partial charge on any atom is 0.256 e. The van der Waals surface area contributed by atoms with Crippen molar-refractivity contribution in [3.63, 3.8) is 0 Å². The highest BCUT2D eigenvalue weighted by Crippen LogP contribution is 2.26. The average Bonchev–Trinajstić information content (AvgIpc) is 2.88. The maximum atomic E-state index is 12.3. The van der Waals surface area contributed by atoms with Crippen LogP contribution in [0.4, 0.5) is 5.82 Å². The van der Waals surface area contributed by atoms with Crippen molar-refractivity contribution in [2.75, 3.05) is 12.4 Å². The first-order chi connectivity index (χ1) is 10.6. The molecule has 3 aromatic rings. The van der Waals surface area contributed by atoms with E-state index in [1.54, 1.807) is 19.2 Å². The molecular formula is C15H11Cl2N3O2. The van der Waals surface area contributed by atoms with Crippen molar-refractivity contribution in [2.24, 2.45) is 0 Å². The standard InChI is InChI=1S/C15H11Cl2N3O2/c1-22-11-2-3-13-12(7-11)14(20-19-13)18-15(21)8-4-9(16)6-10(17)5-8/h2-7H,1H3,(H2,18,19,20,21). The van der Waals surface area contributed by atoms with Crippen LogP contribution in [-0.2, 0) is 0 Å². The molecule has 0 aliphatic heterocycles. The Bertz CT molecular complexity index is 841. The van der Waals surface area contributed by atoms with E-state index in [0.29, 0.717) is 27.2 Å². The molecule has 22 heavy (non-hydrogen) atoms. The predicted molar refractivity (Wildman–Crippen MR) is 87.1 cm³/mol. The van der Waals surface area contributed by atoms with Gasteiger partial charge in [0, 0.05) is 21.0 Å². The monoisotopic (exact) mass is 335 g/mol. The molecule has 0 saturated carbocycles. The second-order valence-corrected chi connectivity index (χ2v) is 5.47. The number of halogens is 2. The second kappa shape index (κ2) is 5.87. The summed E-state index contributed by atoms with van der Waals surface area (Å²) in [5, 5.41) is 11.2. The molecule has 2 aromatic carbocycles. The minimum absolute atomic E-state index is 0.347. The number of hydrogen-bond donors (Lipinski definition) is 2. The number of nitrogens with zero attached hydrogens (tertiary/aromatic N) is 1. The second-order valence-electron chi connectivity index (χ2n) is 4.60. The molecule has 0 atom stereocenters. The zero-order chi connectivity index (χ0) is 15.7. The highest BCUT2D eigenvalue weighted by Gasteiger charge is 2.13. The highest BCUT2D eigenvalue weighted by molar-refractivity contribution is 6.35.